The highest BCUT2D eigenvalue weighted by Crippen LogP contribution is 2.48. The number of nitrogens with zero attached hydrogens (tertiary/aromatic N) is 2. The van der Waals surface area contributed by atoms with Crippen LogP contribution < -0.4 is 30.2 Å². The molecule has 0 radical (unpaired) electrons. The van der Waals surface area contributed by atoms with Gasteiger partial charge in [0.1, 0.15) is 17.4 Å². The SMILES string of the molecule is CCn1c(C)cc2c(c1=O)C(c1ccc(OC)c(OC)c1OC)C(C#N)=C(N)O2. The van der Waals surface area contributed by atoms with Gasteiger partial charge in [-0.25, -0.2) is 0 Å². The first-order valence-electron chi connectivity index (χ1n) is 9.04. The molecule has 0 aliphatic carbocycles. The van der Waals surface area contributed by atoms with Crippen molar-refractivity contribution < 1.29 is 18.9 Å². The summed E-state index contributed by atoms with van der Waals surface area (Å²) in [7, 11) is 4.49. The first-order valence-corrected chi connectivity index (χ1v) is 9.04. The predicted octanol–water partition coefficient (Wildman–Crippen LogP) is 2.42. The maximum atomic E-state index is 13.3. The summed E-state index contributed by atoms with van der Waals surface area (Å²) in [5, 5.41) is 9.81. The maximum Gasteiger partial charge on any atom is 0.258 e. The average Bonchev–Trinajstić information content (AvgIpc) is 2.71. The zero-order valence-corrected chi connectivity index (χ0v) is 17.0. The van der Waals surface area contributed by atoms with E-state index in [0.29, 0.717) is 40.7 Å². The van der Waals surface area contributed by atoms with Crippen LogP contribution in [0, 0.1) is 18.3 Å². The number of aromatic nitrogens is 1. The Morgan fingerprint density at radius 3 is 2.45 bits per heavy atom. The van der Waals surface area contributed by atoms with Gasteiger partial charge < -0.3 is 29.2 Å². The van der Waals surface area contributed by atoms with E-state index in [9.17, 15) is 10.1 Å². The molecule has 1 aromatic heterocycles. The Hall–Kier alpha value is -3.60. The largest absolute Gasteiger partial charge is 0.493 e. The molecule has 152 valence electrons. The fourth-order valence-corrected chi connectivity index (χ4v) is 3.74. The molecule has 8 heteroatoms. The second-order valence-electron chi connectivity index (χ2n) is 6.46. The van der Waals surface area contributed by atoms with Crippen LogP contribution in [0.3, 0.4) is 0 Å². The Morgan fingerprint density at radius 2 is 1.90 bits per heavy atom. The Labute approximate surface area is 168 Å². The monoisotopic (exact) mass is 397 g/mol. The summed E-state index contributed by atoms with van der Waals surface area (Å²) >= 11 is 0. The molecule has 8 nitrogen and oxygen atoms in total. The first-order chi connectivity index (χ1) is 13.9. The average molecular weight is 397 g/mol. The van der Waals surface area contributed by atoms with E-state index in [1.807, 2.05) is 13.8 Å². The fraction of sp³-hybridized carbons (Fsp3) is 0.333. The van der Waals surface area contributed by atoms with Crippen LogP contribution in [0.15, 0.2) is 34.4 Å². The molecule has 0 bridgehead atoms. The van der Waals surface area contributed by atoms with Gasteiger partial charge in [0.25, 0.3) is 5.56 Å². The second kappa shape index (κ2) is 7.80. The standard InChI is InChI=1S/C21H23N3O5/c1-6-24-11(2)9-15-17(21(24)25)16(13(10-22)20(23)29-15)12-7-8-14(26-3)19(28-5)18(12)27-4/h7-9,16H,6,23H2,1-5H3. The number of methoxy groups -OCH3 is 3. The van der Waals surface area contributed by atoms with Crippen molar-refractivity contribution in [1.29, 1.82) is 5.26 Å². The highest BCUT2D eigenvalue weighted by Gasteiger charge is 2.37. The van der Waals surface area contributed by atoms with Crippen LogP contribution in [0.2, 0.25) is 0 Å². The van der Waals surface area contributed by atoms with E-state index < -0.39 is 5.92 Å². The van der Waals surface area contributed by atoms with Gasteiger partial charge in [0.15, 0.2) is 11.5 Å². The molecule has 1 aliphatic rings. The van der Waals surface area contributed by atoms with Crippen LogP contribution in [0.1, 0.15) is 29.7 Å². The van der Waals surface area contributed by atoms with Gasteiger partial charge in [0.2, 0.25) is 11.6 Å². The number of hydrogen-bond acceptors (Lipinski definition) is 7. The van der Waals surface area contributed by atoms with Gasteiger partial charge in [-0.1, -0.05) is 6.07 Å². The van der Waals surface area contributed by atoms with E-state index in [1.165, 1.54) is 21.3 Å². The lowest BCUT2D eigenvalue weighted by Gasteiger charge is -2.28. The fourth-order valence-electron chi connectivity index (χ4n) is 3.74. The smallest absolute Gasteiger partial charge is 0.258 e. The Bertz CT molecular complexity index is 1090. The number of benzene rings is 1. The van der Waals surface area contributed by atoms with Crippen molar-refractivity contribution in [1.82, 2.24) is 4.57 Å². The van der Waals surface area contributed by atoms with Crippen LogP contribution in [0.4, 0.5) is 0 Å². The molecule has 2 heterocycles. The summed E-state index contributed by atoms with van der Waals surface area (Å²) in [5.74, 6) is 0.688. The third-order valence-electron chi connectivity index (χ3n) is 5.05. The van der Waals surface area contributed by atoms with Gasteiger partial charge in [0, 0.05) is 23.9 Å². The van der Waals surface area contributed by atoms with E-state index in [0.717, 1.165) is 5.69 Å². The van der Waals surface area contributed by atoms with Crippen LogP contribution in [0.5, 0.6) is 23.0 Å². The number of hydrogen-bond donors (Lipinski definition) is 1. The maximum absolute atomic E-state index is 13.3. The lowest BCUT2D eigenvalue weighted by molar-refractivity contribution is 0.321. The van der Waals surface area contributed by atoms with E-state index in [1.54, 1.807) is 22.8 Å². The van der Waals surface area contributed by atoms with Crippen molar-refractivity contribution in [3.8, 4) is 29.1 Å². The van der Waals surface area contributed by atoms with E-state index in [-0.39, 0.29) is 17.0 Å². The number of nitriles is 1. The normalized spacial score (nSPS) is 15.2. The van der Waals surface area contributed by atoms with Gasteiger partial charge in [-0.2, -0.15) is 5.26 Å². The Morgan fingerprint density at radius 1 is 1.21 bits per heavy atom. The summed E-state index contributed by atoms with van der Waals surface area (Å²) in [6.45, 7) is 4.18. The molecule has 1 unspecified atom stereocenters. The molecule has 0 saturated carbocycles. The molecule has 2 N–H and O–H groups in total. The van der Waals surface area contributed by atoms with Crippen molar-refractivity contribution in [2.24, 2.45) is 5.73 Å². The molecule has 0 amide bonds. The molecular formula is C21H23N3O5. The summed E-state index contributed by atoms with van der Waals surface area (Å²) in [5.41, 5.74) is 7.56. The summed E-state index contributed by atoms with van der Waals surface area (Å²) in [4.78, 5) is 13.3. The number of rotatable bonds is 5. The van der Waals surface area contributed by atoms with Gasteiger partial charge >= 0.3 is 0 Å². The van der Waals surface area contributed by atoms with E-state index in [4.69, 9.17) is 24.7 Å². The van der Waals surface area contributed by atoms with Gasteiger partial charge in [0.05, 0.1) is 32.8 Å². The zero-order valence-electron chi connectivity index (χ0n) is 17.0. The molecule has 0 saturated heterocycles. The lowest BCUT2D eigenvalue weighted by atomic mass is 9.83. The number of ether oxygens (including phenoxy) is 4. The number of fused-ring (bicyclic) bond motifs is 1. The minimum absolute atomic E-state index is 0.0464. The highest BCUT2D eigenvalue weighted by atomic mass is 16.5. The molecule has 0 fully saturated rings. The summed E-state index contributed by atoms with van der Waals surface area (Å²) in [6, 6.07) is 7.28. The lowest BCUT2D eigenvalue weighted by Crippen LogP contribution is -2.32. The quantitative estimate of drug-likeness (QED) is 0.825. The number of allylic oxidation sites excluding steroid dienone is 1. The van der Waals surface area contributed by atoms with Gasteiger partial charge in [-0.05, 0) is 19.9 Å². The first kappa shape index (κ1) is 20.1. The Kier molecular flexibility index (Phi) is 5.41. The van der Waals surface area contributed by atoms with Crippen molar-refractivity contribution in [2.45, 2.75) is 26.3 Å². The van der Waals surface area contributed by atoms with Gasteiger partial charge in [-0.15, -0.1) is 0 Å². The molecule has 3 rings (SSSR count). The topological polar surface area (TPSA) is 109 Å². The molecule has 1 atom stereocenters. The van der Waals surface area contributed by atoms with Gasteiger partial charge in [-0.3, -0.25) is 4.79 Å². The van der Waals surface area contributed by atoms with Crippen molar-refractivity contribution in [3.05, 3.63) is 56.8 Å². The zero-order chi connectivity index (χ0) is 21.3. The van der Waals surface area contributed by atoms with Crippen LogP contribution in [0.25, 0.3) is 0 Å². The number of nitrogens with two attached hydrogens (primary N) is 1. The number of aryl methyl sites for hydroxylation is 1. The van der Waals surface area contributed by atoms with Crippen LogP contribution >= 0.6 is 0 Å². The summed E-state index contributed by atoms with van der Waals surface area (Å²) in [6.07, 6.45) is 0. The minimum Gasteiger partial charge on any atom is -0.493 e. The Balaban J connectivity index is 2.41. The molecule has 1 aliphatic heterocycles. The van der Waals surface area contributed by atoms with E-state index >= 15 is 0 Å². The van der Waals surface area contributed by atoms with Crippen molar-refractivity contribution in [3.63, 3.8) is 0 Å². The van der Waals surface area contributed by atoms with Crippen LogP contribution in [-0.2, 0) is 6.54 Å². The second-order valence-corrected chi connectivity index (χ2v) is 6.46. The highest BCUT2D eigenvalue weighted by molar-refractivity contribution is 5.64. The third kappa shape index (κ3) is 3.05. The third-order valence-corrected chi connectivity index (χ3v) is 5.05. The van der Waals surface area contributed by atoms with Crippen molar-refractivity contribution >= 4 is 0 Å². The predicted molar refractivity (Wildman–Crippen MR) is 107 cm³/mol. The molecular weight excluding hydrogens is 374 g/mol. The number of pyridine rings is 1. The minimum atomic E-state index is -0.774. The molecule has 0 spiro atoms. The van der Waals surface area contributed by atoms with Crippen molar-refractivity contribution in [2.75, 3.05) is 21.3 Å². The molecule has 1 aromatic carbocycles. The molecule has 29 heavy (non-hydrogen) atoms. The van der Waals surface area contributed by atoms with Crippen LogP contribution in [-0.4, -0.2) is 25.9 Å². The molecule has 2 aromatic rings. The summed E-state index contributed by atoms with van der Waals surface area (Å²) < 4.78 is 23.7. The van der Waals surface area contributed by atoms with E-state index in [2.05, 4.69) is 6.07 Å².